The van der Waals surface area contributed by atoms with Crippen molar-refractivity contribution < 1.29 is 15.8 Å². The van der Waals surface area contributed by atoms with Crippen molar-refractivity contribution in [2.45, 2.75) is 45.6 Å². The molecular weight excluding hydrogens is 418 g/mol. The quantitative estimate of drug-likeness (QED) is 0.566. The third kappa shape index (κ3) is 4.08. The minimum absolute atomic E-state index is 0.0966. The van der Waals surface area contributed by atoms with Gasteiger partial charge in [0, 0.05) is 49.1 Å². The molecule has 9 nitrogen and oxygen atoms in total. The summed E-state index contributed by atoms with van der Waals surface area (Å²) in [7, 11) is 0. The molecule has 2 aliphatic rings. The maximum atomic E-state index is 13.4. The number of ketones is 1. The van der Waals surface area contributed by atoms with Crippen molar-refractivity contribution in [1.82, 2.24) is 24.8 Å². The number of carbonyl (C=O) groups excluding carboxylic acids is 1. The Labute approximate surface area is 203 Å². The summed E-state index contributed by atoms with van der Waals surface area (Å²) in [6, 6.07) is 2.55. The van der Waals surface area contributed by atoms with Crippen LogP contribution in [0.3, 0.4) is 0 Å². The van der Waals surface area contributed by atoms with Crippen molar-refractivity contribution in [3.8, 4) is 0 Å². The van der Waals surface area contributed by atoms with E-state index in [-0.39, 0.29) is 40.4 Å². The molecule has 4 heterocycles. The number of fused-ring (bicyclic) bond motifs is 1. The lowest BCUT2D eigenvalue weighted by Crippen LogP contribution is -2.43. The maximum absolute atomic E-state index is 13.4. The van der Waals surface area contributed by atoms with E-state index in [0.29, 0.717) is 21.5 Å². The Morgan fingerprint density at radius 2 is 1.94 bits per heavy atom. The Hall–Kier alpha value is -3.33. The first-order chi connectivity index (χ1) is 19.0. The third-order valence-corrected chi connectivity index (χ3v) is 5.96. The molecule has 1 saturated carbocycles. The van der Waals surface area contributed by atoms with E-state index in [2.05, 4.69) is 20.3 Å². The number of piperazine rings is 1. The van der Waals surface area contributed by atoms with E-state index in [0.717, 1.165) is 31.9 Å². The highest BCUT2D eigenvalue weighted by Crippen LogP contribution is 2.32. The van der Waals surface area contributed by atoms with Crippen LogP contribution in [0, 0.1) is 6.92 Å². The number of Topliss-reactive ketones (excluding diaryl/α,β-unsaturated/α-hetero) is 1. The van der Waals surface area contributed by atoms with Crippen molar-refractivity contribution in [3.63, 3.8) is 0 Å². The summed E-state index contributed by atoms with van der Waals surface area (Å²) >= 11 is 0. The van der Waals surface area contributed by atoms with Gasteiger partial charge in [0.2, 0.25) is 5.95 Å². The third-order valence-electron chi connectivity index (χ3n) is 5.96. The molecule has 1 aliphatic heterocycles. The Bertz CT molecular complexity index is 1560. The minimum Gasteiger partial charge on any atom is -0.368 e. The SMILES string of the molecule is [2H]C1([2H])NC([2H])([2H])C([2H])([2H])N(c2ccc(Nc3ncc4c(C)c(C(C)=O)c(=O)n(C5CCCC5)c4n3)nc2)C1([2H])[2H]. The van der Waals surface area contributed by atoms with Crippen molar-refractivity contribution in [2.24, 2.45) is 0 Å². The van der Waals surface area contributed by atoms with Crippen LogP contribution in [0.5, 0.6) is 0 Å². The molecule has 3 aromatic rings. The van der Waals surface area contributed by atoms with Gasteiger partial charge in [0.15, 0.2) is 5.78 Å². The van der Waals surface area contributed by atoms with Gasteiger partial charge in [-0.2, -0.15) is 4.98 Å². The van der Waals surface area contributed by atoms with Crippen molar-refractivity contribution in [3.05, 3.63) is 46.0 Å². The molecule has 2 fully saturated rings. The van der Waals surface area contributed by atoms with Gasteiger partial charge in [0.25, 0.3) is 5.56 Å². The predicted molar refractivity (Wildman–Crippen MR) is 129 cm³/mol. The van der Waals surface area contributed by atoms with Gasteiger partial charge in [0.05, 0.1) is 22.9 Å². The van der Waals surface area contributed by atoms with Gasteiger partial charge in [-0.15, -0.1) is 0 Å². The van der Waals surface area contributed by atoms with Gasteiger partial charge in [-0.1, -0.05) is 12.8 Å². The van der Waals surface area contributed by atoms with E-state index in [1.54, 1.807) is 16.8 Å². The molecule has 0 spiro atoms. The standard InChI is InChI=1S/C24H29N7O2/c1-15-19-14-27-24(28-20-8-7-18(13-26-20)30-11-9-25-10-12-30)29-22(19)31(17-5-3-4-6-17)23(33)21(15)16(2)32/h7-8,13-14,17,25H,3-6,9-12H2,1-2H3,(H,26,27,28,29)/i9D2,10D2,11D2,12D2. The largest absolute Gasteiger partial charge is 0.368 e. The smallest absolute Gasteiger partial charge is 0.263 e. The van der Waals surface area contributed by atoms with Crippen molar-refractivity contribution in [1.29, 1.82) is 0 Å². The van der Waals surface area contributed by atoms with E-state index >= 15 is 0 Å². The first-order valence-corrected chi connectivity index (χ1v) is 10.7. The molecule has 0 aromatic carbocycles. The van der Waals surface area contributed by atoms with Crippen molar-refractivity contribution in [2.75, 3.05) is 36.2 Å². The number of carbonyl (C=O) groups is 1. The summed E-state index contributed by atoms with van der Waals surface area (Å²) in [6.07, 6.45) is 6.11. The highest BCUT2D eigenvalue weighted by molar-refractivity contribution is 5.99. The second-order valence-corrected chi connectivity index (χ2v) is 8.06. The zero-order valence-electron chi connectivity index (χ0n) is 26.3. The van der Waals surface area contributed by atoms with Gasteiger partial charge in [-0.25, -0.2) is 9.97 Å². The van der Waals surface area contributed by atoms with Gasteiger partial charge in [0.1, 0.15) is 11.5 Å². The highest BCUT2D eigenvalue weighted by Gasteiger charge is 2.25. The predicted octanol–water partition coefficient (Wildman–Crippen LogP) is 2.97. The van der Waals surface area contributed by atoms with Crippen molar-refractivity contribution >= 4 is 34.3 Å². The monoisotopic (exact) mass is 455 g/mol. The summed E-state index contributed by atoms with van der Waals surface area (Å²) in [6.45, 7) is -8.79. The number of anilines is 3. The Kier molecular flexibility index (Phi) is 3.79. The Morgan fingerprint density at radius 1 is 1.18 bits per heavy atom. The average molecular weight is 456 g/mol. The number of nitrogens with one attached hydrogen (secondary N) is 2. The summed E-state index contributed by atoms with van der Waals surface area (Å²) < 4.78 is 66.6. The van der Waals surface area contributed by atoms with Gasteiger partial charge in [-0.05, 0) is 44.4 Å². The molecular formula is C24H29N7O2. The molecule has 0 radical (unpaired) electrons. The molecule has 0 bridgehead atoms. The van der Waals surface area contributed by atoms with Crippen LogP contribution in [0.15, 0.2) is 29.3 Å². The topological polar surface area (TPSA) is 105 Å². The first kappa shape index (κ1) is 14.0. The molecule has 0 atom stereocenters. The second kappa shape index (κ2) is 8.90. The lowest BCUT2D eigenvalue weighted by Gasteiger charge is -2.29. The van der Waals surface area contributed by atoms with Gasteiger partial charge < -0.3 is 15.5 Å². The van der Waals surface area contributed by atoms with Crippen LogP contribution in [0.25, 0.3) is 11.0 Å². The molecule has 33 heavy (non-hydrogen) atoms. The summed E-state index contributed by atoms with van der Waals surface area (Å²) in [5.41, 5.74) is 0.417. The molecule has 172 valence electrons. The summed E-state index contributed by atoms with van der Waals surface area (Å²) in [4.78, 5) is 39.2. The fourth-order valence-electron chi connectivity index (χ4n) is 4.37. The van der Waals surface area contributed by atoms with E-state index in [1.807, 2.05) is 0 Å². The summed E-state index contributed by atoms with van der Waals surface area (Å²) in [5, 5.41) is 5.28. The lowest BCUT2D eigenvalue weighted by atomic mass is 10.0. The zero-order chi connectivity index (χ0) is 30.1. The molecule has 0 amide bonds. The van der Waals surface area contributed by atoms with E-state index in [4.69, 9.17) is 11.0 Å². The number of aromatic nitrogens is 4. The number of rotatable bonds is 5. The highest BCUT2D eigenvalue weighted by atomic mass is 16.1. The van der Waals surface area contributed by atoms with Gasteiger partial charge >= 0.3 is 0 Å². The van der Waals surface area contributed by atoms with Crippen LogP contribution >= 0.6 is 0 Å². The zero-order valence-corrected chi connectivity index (χ0v) is 18.3. The molecule has 1 aliphatic carbocycles. The molecule has 2 N–H and O–H groups in total. The number of hydrogen-bond donors (Lipinski definition) is 2. The second-order valence-electron chi connectivity index (χ2n) is 8.06. The number of aryl methyl sites for hydroxylation is 1. The number of hydrogen-bond acceptors (Lipinski definition) is 8. The first-order valence-electron chi connectivity index (χ1n) is 14.7. The van der Waals surface area contributed by atoms with E-state index in [1.165, 1.54) is 25.3 Å². The molecule has 1 saturated heterocycles. The molecule has 0 unspecified atom stereocenters. The molecule has 5 rings (SSSR count). The Balaban J connectivity index is 1.52. The summed E-state index contributed by atoms with van der Waals surface area (Å²) in [5.74, 6) is -0.0476. The number of nitrogens with zero attached hydrogens (tertiary/aromatic N) is 5. The van der Waals surface area contributed by atoms with Crippen LogP contribution < -0.4 is 21.1 Å². The van der Waals surface area contributed by atoms with Crippen LogP contribution in [0.1, 0.15) is 65.5 Å². The fraction of sp³-hybridized carbons (Fsp3) is 0.458. The lowest BCUT2D eigenvalue weighted by molar-refractivity contribution is 0.101. The minimum atomic E-state index is -2.99. The van der Waals surface area contributed by atoms with E-state index in [9.17, 15) is 9.59 Å². The Morgan fingerprint density at radius 3 is 2.61 bits per heavy atom. The maximum Gasteiger partial charge on any atom is 0.263 e. The number of pyridine rings is 2. The molecule has 9 heteroatoms. The van der Waals surface area contributed by atoms with Crippen LogP contribution in [0.4, 0.5) is 17.5 Å². The molecule has 3 aromatic heterocycles. The van der Waals surface area contributed by atoms with E-state index < -0.39 is 26.0 Å². The van der Waals surface area contributed by atoms with Gasteiger partial charge in [-0.3, -0.25) is 14.2 Å². The van der Waals surface area contributed by atoms with Crippen LogP contribution in [-0.2, 0) is 0 Å². The van der Waals surface area contributed by atoms with Crippen LogP contribution in [-0.4, -0.2) is 51.3 Å². The average Bonchev–Trinajstić information content (AvgIpc) is 3.38. The fourth-order valence-corrected chi connectivity index (χ4v) is 4.37. The normalized spacial score (nSPS) is 26.7. The van der Waals surface area contributed by atoms with Crippen LogP contribution in [0.2, 0.25) is 0 Å².